The van der Waals surface area contributed by atoms with Crippen LogP contribution in [0, 0.1) is 0 Å². The summed E-state index contributed by atoms with van der Waals surface area (Å²) >= 11 is 0. The number of aliphatic hydroxyl groups excluding tert-OH is 2. The zero-order chi connectivity index (χ0) is 56.2. The lowest BCUT2D eigenvalue weighted by Crippen LogP contribution is -2.45. The molecule has 0 radical (unpaired) electrons. The summed E-state index contributed by atoms with van der Waals surface area (Å²) in [6.07, 6.45) is 106. The smallest absolute Gasteiger partial charge is 0.220 e. The van der Waals surface area contributed by atoms with Gasteiger partial charge in [0.1, 0.15) is 0 Å². The Morgan fingerprint density at radius 2 is 0.564 bits per heavy atom. The molecule has 0 bridgehead atoms. The lowest BCUT2D eigenvalue weighted by molar-refractivity contribution is -0.123. The van der Waals surface area contributed by atoms with Gasteiger partial charge in [0.25, 0.3) is 0 Å². The van der Waals surface area contributed by atoms with Crippen LogP contribution in [0.3, 0.4) is 0 Å². The third-order valence-electron chi connectivity index (χ3n) is 14.3. The summed E-state index contributed by atoms with van der Waals surface area (Å²) in [4.78, 5) is 12.5. The van der Waals surface area contributed by atoms with Crippen molar-refractivity contribution in [3.63, 3.8) is 0 Å². The highest BCUT2D eigenvalue weighted by molar-refractivity contribution is 5.76. The molecule has 0 saturated carbocycles. The number of rotatable bonds is 59. The standard InChI is InChI=1S/C74H125NO3/c1-3-5-7-9-11-13-15-17-19-21-23-25-27-29-31-32-33-34-35-36-37-38-39-40-41-42-44-46-48-50-52-54-56-58-60-62-64-66-68-70-74(78)75-72(71-76)73(77)69-67-65-63-61-59-57-55-53-51-49-47-45-43-30-28-26-24-22-20-18-16-14-12-10-8-6-4-2/h5,7,11,13,17,19,23,25,29,31,33-34,36-37,39-40,42,44,48,50,54,56,67,69,72-73,76-77H,3-4,6,8-10,12,14-16,18,20-22,24,26-28,30,32,35,38,41,43,45-47,49,51-53,55,57-66,68,70-71H2,1-2H3,(H,75,78)/b7-5-,13-11-,19-17-,25-23-,31-29-,34-33-,37-36-,40-39-,44-42-,50-48-,56-54-,69-67+. The van der Waals surface area contributed by atoms with Gasteiger partial charge in [0.15, 0.2) is 0 Å². The molecule has 0 fully saturated rings. The average Bonchev–Trinajstić information content (AvgIpc) is 3.44. The minimum Gasteiger partial charge on any atom is -0.394 e. The van der Waals surface area contributed by atoms with Gasteiger partial charge in [-0.3, -0.25) is 4.79 Å². The summed E-state index contributed by atoms with van der Waals surface area (Å²) in [5.74, 6) is -0.0858. The normalized spacial score (nSPS) is 13.7. The van der Waals surface area contributed by atoms with Gasteiger partial charge >= 0.3 is 0 Å². The molecule has 0 aromatic carbocycles. The SMILES string of the molecule is CC/C=C\C/C=C\C/C=C\C/C=C\C/C=C\C/C=C\C/C=C\C/C=C\C/C=C\C/C=C\C/C=C\CCCCCCCC(=O)NC(CO)C(O)/C=C/CCCCCCCCCCCCCCCCCCCCCCCCCCC. The predicted molar refractivity (Wildman–Crippen MR) is 349 cm³/mol. The van der Waals surface area contributed by atoms with Crippen molar-refractivity contribution in [2.75, 3.05) is 6.61 Å². The molecule has 3 N–H and O–H groups in total. The van der Waals surface area contributed by atoms with Gasteiger partial charge in [-0.25, -0.2) is 0 Å². The number of amides is 1. The van der Waals surface area contributed by atoms with Gasteiger partial charge in [-0.15, -0.1) is 0 Å². The van der Waals surface area contributed by atoms with E-state index in [2.05, 4.69) is 153 Å². The molecule has 0 aromatic rings. The number of hydrogen-bond donors (Lipinski definition) is 3. The number of allylic oxidation sites excluding steroid dienone is 23. The van der Waals surface area contributed by atoms with E-state index in [9.17, 15) is 15.0 Å². The van der Waals surface area contributed by atoms with Crippen molar-refractivity contribution >= 4 is 5.91 Å². The van der Waals surface area contributed by atoms with Crippen molar-refractivity contribution in [1.29, 1.82) is 0 Å². The quantitative estimate of drug-likeness (QED) is 0.0420. The highest BCUT2D eigenvalue weighted by atomic mass is 16.3. The van der Waals surface area contributed by atoms with E-state index in [1.165, 1.54) is 167 Å². The van der Waals surface area contributed by atoms with Gasteiger partial charge in [0, 0.05) is 6.42 Å². The van der Waals surface area contributed by atoms with E-state index >= 15 is 0 Å². The van der Waals surface area contributed by atoms with E-state index in [1.54, 1.807) is 6.08 Å². The maximum absolute atomic E-state index is 12.5. The van der Waals surface area contributed by atoms with Crippen LogP contribution in [0.5, 0.6) is 0 Å². The van der Waals surface area contributed by atoms with Crippen LogP contribution < -0.4 is 5.32 Å². The Morgan fingerprint density at radius 1 is 0.321 bits per heavy atom. The number of hydrogen-bond acceptors (Lipinski definition) is 3. The largest absolute Gasteiger partial charge is 0.394 e. The summed E-state index contributed by atoms with van der Waals surface area (Å²) in [5, 5.41) is 23.2. The Labute approximate surface area is 484 Å². The van der Waals surface area contributed by atoms with E-state index < -0.39 is 12.1 Å². The molecule has 0 spiro atoms. The fraction of sp³-hybridized carbons (Fsp3) is 0.662. The second-order valence-electron chi connectivity index (χ2n) is 21.8. The Morgan fingerprint density at radius 3 is 0.846 bits per heavy atom. The third-order valence-corrected chi connectivity index (χ3v) is 14.3. The van der Waals surface area contributed by atoms with Gasteiger partial charge < -0.3 is 15.5 Å². The zero-order valence-corrected chi connectivity index (χ0v) is 51.1. The van der Waals surface area contributed by atoms with E-state index in [1.807, 2.05) is 6.08 Å². The maximum atomic E-state index is 12.5. The Kier molecular flexibility index (Phi) is 64.3. The molecule has 0 aliphatic rings. The molecule has 0 rings (SSSR count). The highest BCUT2D eigenvalue weighted by Crippen LogP contribution is 2.17. The molecule has 444 valence electrons. The second-order valence-corrected chi connectivity index (χ2v) is 21.8. The van der Waals surface area contributed by atoms with Gasteiger partial charge in [-0.2, -0.15) is 0 Å². The lowest BCUT2D eigenvalue weighted by atomic mass is 10.0. The molecule has 0 aromatic heterocycles. The predicted octanol–water partition coefficient (Wildman–Crippen LogP) is 22.7. The van der Waals surface area contributed by atoms with Gasteiger partial charge in [0.2, 0.25) is 5.91 Å². The summed E-state index contributed by atoms with van der Waals surface area (Å²) in [7, 11) is 0. The van der Waals surface area contributed by atoms with Crippen LogP contribution >= 0.6 is 0 Å². The van der Waals surface area contributed by atoms with Crippen molar-refractivity contribution < 1.29 is 15.0 Å². The molecular formula is C74H125NO3. The Bertz CT molecular complexity index is 1600. The molecule has 0 aliphatic heterocycles. The molecule has 0 aliphatic carbocycles. The minimum absolute atomic E-state index is 0.0858. The summed E-state index contributed by atoms with van der Waals surface area (Å²) in [6.45, 7) is 4.20. The molecule has 1 amide bonds. The first kappa shape index (κ1) is 74.3. The van der Waals surface area contributed by atoms with Gasteiger partial charge in [0.05, 0.1) is 18.8 Å². The van der Waals surface area contributed by atoms with Crippen molar-refractivity contribution in [3.8, 4) is 0 Å². The number of unbranched alkanes of at least 4 members (excludes halogenated alkanes) is 30. The molecule has 0 heterocycles. The average molecular weight is 1080 g/mol. The Hall–Kier alpha value is -3.73. The van der Waals surface area contributed by atoms with Crippen LogP contribution in [0.25, 0.3) is 0 Å². The Balaban J connectivity index is 3.63. The molecular weight excluding hydrogens is 951 g/mol. The molecule has 78 heavy (non-hydrogen) atoms. The van der Waals surface area contributed by atoms with Crippen molar-refractivity contribution in [2.45, 2.75) is 309 Å². The topological polar surface area (TPSA) is 69.6 Å². The molecule has 2 unspecified atom stereocenters. The summed E-state index contributed by atoms with van der Waals surface area (Å²) in [5.41, 5.74) is 0. The van der Waals surface area contributed by atoms with Crippen molar-refractivity contribution in [3.05, 3.63) is 146 Å². The van der Waals surface area contributed by atoms with E-state index in [-0.39, 0.29) is 12.5 Å². The summed E-state index contributed by atoms with van der Waals surface area (Å²) in [6, 6.07) is -0.645. The van der Waals surface area contributed by atoms with Gasteiger partial charge in [-0.05, 0) is 103 Å². The highest BCUT2D eigenvalue weighted by Gasteiger charge is 2.18. The fourth-order valence-corrected chi connectivity index (χ4v) is 9.36. The first-order valence-corrected chi connectivity index (χ1v) is 33.0. The third kappa shape index (κ3) is 63.1. The van der Waals surface area contributed by atoms with Crippen LogP contribution in [-0.4, -0.2) is 34.9 Å². The number of carbonyl (C=O) groups excluding carboxylic acids is 1. The fourth-order valence-electron chi connectivity index (χ4n) is 9.36. The molecule has 0 saturated heterocycles. The van der Waals surface area contributed by atoms with E-state index in [0.717, 1.165) is 109 Å². The first-order valence-electron chi connectivity index (χ1n) is 33.0. The van der Waals surface area contributed by atoms with Crippen LogP contribution in [0.1, 0.15) is 296 Å². The number of nitrogens with one attached hydrogen (secondary N) is 1. The summed E-state index contributed by atoms with van der Waals surface area (Å²) < 4.78 is 0. The van der Waals surface area contributed by atoms with Crippen LogP contribution in [0.2, 0.25) is 0 Å². The first-order chi connectivity index (χ1) is 38.7. The number of aliphatic hydroxyl groups is 2. The molecule has 4 heteroatoms. The van der Waals surface area contributed by atoms with Crippen LogP contribution in [-0.2, 0) is 4.79 Å². The molecule has 2 atom stereocenters. The van der Waals surface area contributed by atoms with E-state index in [0.29, 0.717) is 6.42 Å². The second kappa shape index (κ2) is 67.5. The van der Waals surface area contributed by atoms with Crippen molar-refractivity contribution in [1.82, 2.24) is 5.32 Å². The molecule has 4 nitrogen and oxygen atoms in total. The lowest BCUT2D eigenvalue weighted by Gasteiger charge is -2.20. The van der Waals surface area contributed by atoms with E-state index in [4.69, 9.17) is 0 Å². The maximum Gasteiger partial charge on any atom is 0.220 e. The van der Waals surface area contributed by atoms with Crippen LogP contribution in [0.4, 0.5) is 0 Å². The monoisotopic (exact) mass is 1080 g/mol. The minimum atomic E-state index is -0.860. The van der Waals surface area contributed by atoms with Crippen molar-refractivity contribution in [2.24, 2.45) is 0 Å². The van der Waals surface area contributed by atoms with Crippen LogP contribution in [0.15, 0.2) is 146 Å². The van der Waals surface area contributed by atoms with Gasteiger partial charge in [-0.1, -0.05) is 333 Å². The zero-order valence-electron chi connectivity index (χ0n) is 51.1. The number of carbonyl (C=O) groups is 1.